The first-order valence-electron chi connectivity index (χ1n) is 5.88. The summed E-state index contributed by atoms with van der Waals surface area (Å²) < 4.78 is 55.6. The molecule has 1 aromatic rings. The van der Waals surface area contributed by atoms with Gasteiger partial charge in [-0.05, 0) is 24.6 Å². The van der Waals surface area contributed by atoms with Gasteiger partial charge in [0.1, 0.15) is 5.82 Å². The van der Waals surface area contributed by atoms with E-state index in [0.29, 0.717) is 31.7 Å². The second kappa shape index (κ2) is 6.69. The first-order valence-corrected chi connectivity index (χ1v) is 5.88. The van der Waals surface area contributed by atoms with E-state index in [1.54, 1.807) is 0 Å². The average molecular weight is 293 g/mol. The number of methoxy groups -OCH3 is 1. The summed E-state index contributed by atoms with van der Waals surface area (Å²) in [7, 11) is 2.98. The molecule has 1 aromatic carbocycles. The lowest BCUT2D eigenvalue weighted by Gasteiger charge is -2.18. The van der Waals surface area contributed by atoms with E-state index in [4.69, 9.17) is 4.74 Å². The van der Waals surface area contributed by atoms with Gasteiger partial charge in [-0.25, -0.2) is 4.39 Å². The first-order chi connectivity index (χ1) is 9.27. The molecule has 0 aliphatic carbocycles. The highest BCUT2D eigenvalue weighted by atomic mass is 19.4. The maximum Gasteiger partial charge on any atom is 0.419 e. The Morgan fingerprint density at radius 1 is 1.35 bits per heavy atom. The summed E-state index contributed by atoms with van der Waals surface area (Å²) in [6.45, 7) is 0.778. The van der Waals surface area contributed by atoms with Crippen molar-refractivity contribution < 1.29 is 27.1 Å². The van der Waals surface area contributed by atoms with Crippen LogP contribution >= 0.6 is 0 Å². The van der Waals surface area contributed by atoms with Crippen LogP contribution in [0.4, 0.5) is 17.6 Å². The van der Waals surface area contributed by atoms with Gasteiger partial charge in [0.25, 0.3) is 5.91 Å². The van der Waals surface area contributed by atoms with E-state index in [1.165, 1.54) is 19.1 Å². The predicted molar refractivity (Wildman–Crippen MR) is 64.9 cm³/mol. The van der Waals surface area contributed by atoms with Crippen LogP contribution in [0.2, 0.25) is 0 Å². The van der Waals surface area contributed by atoms with E-state index < -0.39 is 23.5 Å². The molecule has 20 heavy (non-hydrogen) atoms. The molecule has 0 aliphatic heterocycles. The summed E-state index contributed by atoms with van der Waals surface area (Å²) in [5.41, 5.74) is -1.63. The van der Waals surface area contributed by atoms with Gasteiger partial charge in [-0.2, -0.15) is 13.2 Å². The van der Waals surface area contributed by atoms with Crippen molar-refractivity contribution in [3.8, 4) is 0 Å². The zero-order valence-electron chi connectivity index (χ0n) is 11.1. The first kappa shape index (κ1) is 16.4. The van der Waals surface area contributed by atoms with Gasteiger partial charge in [-0.15, -0.1) is 0 Å². The molecule has 0 fully saturated rings. The zero-order valence-corrected chi connectivity index (χ0v) is 11.1. The second-order valence-corrected chi connectivity index (χ2v) is 4.27. The highest BCUT2D eigenvalue weighted by molar-refractivity contribution is 5.94. The SMILES string of the molecule is COCCCN(C)C(=O)c1ccc(F)c(C(F)(F)F)c1. The van der Waals surface area contributed by atoms with Crippen molar-refractivity contribution in [2.24, 2.45) is 0 Å². The minimum absolute atomic E-state index is 0.196. The molecule has 1 amide bonds. The van der Waals surface area contributed by atoms with Crippen LogP contribution in [-0.4, -0.2) is 38.1 Å². The zero-order chi connectivity index (χ0) is 15.3. The molecular weight excluding hydrogens is 278 g/mol. The third-order valence-electron chi connectivity index (χ3n) is 2.71. The maximum absolute atomic E-state index is 13.1. The van der Waals surface area contributed by atoms with E-state index in [9.17, 15) is 22.4 Å². The lowest BCUT2D eigenvalue weighted by molar-refractivity contribution is -0.140. The van der Waals surface area contributed by atoms with Gasteiger partial charge in [0.05, 0.1) is 5.56 Å². The van der Waals surface area contributed by atoms with Crippen molar-refractivity contribution in [1.82, 2.24) is 4.90 Å². The fourth-order valence-electron chi connectivity index (χ4n) is 1.64. The van der Waals surface area contributed by atoms with Gasteiger partial charge in [-0.1, -0.05) is 0 Å². The molecule has 0 N–H and O–H groups in total. The molecule has 0 saturated heterocycles. The Bertz CT molecular complexity index is 474. The smallest absolute Gasteiger partial charge is 0.385 e. The van der Waals surface area contributed by atoms with Crippen LogP contribution in [0, 0.1) is 5.82 Å². The van der Waals surface area contributed by atoms with Crippen LogP contribution in [0.1, 0.15) is 22.3 Å². The molecular formula is C13H15F4NO2. The molecule has 0 aromatic heterocycles. The van der Waals surface area contributed by atoms with E-state index in [0.717, 1.165) is 6.07 Å². The number of rotatable bonds is 5. The van der Waals surface area contributed by atoms with E-state index in [2.05, 4.69) is 0 Å². The molecule has 0 heterocycles. The lowest BCUT2D eigenvalue weighted by Crippen LogP contribution is -2.28. The monoisotopic (exact) mass is 293 g/mol. The topological polar surface area (TPSA) is 29.5 Å². The van der Waals surface area contributed by atoms with Gasteiger partial charge < -0.3 is 9.64 Å². The lowest BCUT2D eigenvalue weighted by atomic mass is 10.1. The molecule has 0 aliphatic rings. The molecule has 0 spiro atoms. The number of hydrogen-bond acceptors (Lipinski definition) is 2. The third-order valence-corrected chi connectivity index (χ3v) is 2.71. The number of halogens is 4. The summed E-state index contributed by atoms with van der Waals surface area (Å²) in [5.74, 6) is -1.98. The quantitative estimate of drug-likeness (QED) is 0.617. The Morgan fingerprint density at radius 3 is 2.55 bits per heavy atom. The Balaban J connectivity index is 2.89. The number of nitrogens with zero attached hydrogens (tertiary/aromatic N) is 1. The Labute approximate surface area is 114 Å². The minimum atomic E-state index is -4.82. The summed E-state index contributed by atoms with van der Waals surface area (Å²) in [6.07, 6.45) is -4.26. The van der Waals surface area contributed by atoms with Gasteiger partial charge in [0.15, 0.2) is 0 Å². The molecule has 3 nitrogen and oxygen atoms in total. The highest BCUT2D eigenvalue weighted by Crippen LogP contribution is 2.32. The van der Waals surface area contributed by atoms with Crippen LogP contribution in [0.25, 0.3) is 0 Å². The molecule has 0 saturated carbocycles. The Kier molecular flexibility index (Phi) is 5.50. The normalized spacial score (nSPS) is 11.5. The molecule has 0 atom stereocenters. The standard InChI is InChI=1S/C13H15F4NO2/c1-18(6-3-7-20-2)12(19)9-4-5-11(14)10(8-9)13(15,16)17/h4-5,8H,3,6-7H2,1-2H3. The van der Waals surface area contributed by atoms with Gasteiger partial charge >= 0.3 is 6.18 Å². The Morgan fingerprint density at radius 2 is 2.00 bits per heavy atom. The van der Waals surface area contributed by atoms with Crippen molar-refractivity contribution in [3.63, 3.8) is 0 Å². The molecule has 0 radical (unpaired) electrons. The molecule has 0 unspecified atom stereocenters. The van der Waals surface area contributed by atoms with Crippen molar-refractivity contribution in [1.29, 1.82) is 0 Å². The fraction of sp³-hybridized carbons (Fsp3) is 0.462. The van der Waals surface area contributed by atoms with E-state index in [-0.39, 0.29) is 5.56 Å². The third kappa shape index (κ3) is 4.19. The van der Waals surface area contributed by atoms with Crippen LogP contribution < -0.4 is 0 Å². The van der Waals surface area contributed by atoms with Crippen LogP contribution in [0.3, 0.4) is 0 Å². The number of carbonyl (C=O) groups excluding carboxylic acids is 1. The van der Waals surface area contributed by atoms with Gasteiger partial charge in [0.2, 0.25) is 0 Å². The number of hydrogen-bond donors (Lipinski definition) is 0. The van der Waals surface area contributed by atoms with E-state index >= 15 is 0 Å². The fourth-order valence-corrected chi connectivity index (χ4v) is 1.64. The minimum Gasteiger partial charge on any atom is -0.385 e. The average Bonchev–Trinajstić information content (AvgIpc) is 2.37. The number of amides is 1. The number of benzene rings is 1. The van der Waals surface area contributed by atoms with Crippen molar-refractivity contribution in [2.45, 2.75) is 12.6 Å². The van der Waals surface area contributed by atoms with Gasteiger partial charge in [-0.3, -0.25) is 4.79 Å². The summed E-state index contributed by atoms with van der Waals surface area (Å²) in [6, 6.07) is 2.23. The van der Waals surface area contributed by atoms with Crippen molar-refractivity contribution in [3.05, 3.63) is 35.1 Å². The highest BCUT2D eigenvalue weighted by Gasteiger charge is 2.34. The summed E-state index contributed by atoms with van der Waals surface area (Å²) >= 11 is 0. The van der Waals surface area contributed by atoms with Crippen molar-refractivity contribution >= 4 is 5.91 Å². The number of alkyl halides is 3. The largest absolute Gasteiger partial charge is 0.419 e. The summed E-state index contributed by atoms with van der Waals surface area (Å²) in [5, 5.41) is 0. The van der Waals surface area contributed by atoms with Crippen molar-refractivity contribution in [2.75, 3.05) is 27.3 Å². The molecule has 7 heteroatoms. The Hall–Kier alpha value is -1.63. The van der Waals surface area contributed by atoms with E-state index in [1.807, 2.05) is 0 Å². The summed E-state index contributed by atoms with van der Waals surface area (Å²) in [4.78, 5) is 13.2. The van der Waals surface area contributed by atoms with Crippen LogP contribution in [-0.2, 0) is 10.9 Å². The second-order valence-electron chi connectivity index (χ2n) is 4.27. The van der Waals surface area contributed by atoms with Gasteiger partial charge in [0, 0.05) is 32.9 Å². The molecule has 1 rings (SSSR count). The number of carbonyl (C=O) groups is 1. The molecule has 0 bridgehead atoms. The maximum atomic E-state index is 13.1. The van der Waals surface area contributed by atoms with Crippen LogP contribution in [0.15, 0.2) is 18.2 Å². The predicted octanol–water partition coefficient (Wildman–Crippen LogP) is 2.95. The van der Waals surface area contributed by atoms with Crippen LogP contribution in [0.5, 0.6) is 0 Å². The number of ether oxygens (including phenoxy) is 1. The molecule has 112 valence electrons.